The molecular formula is C12H7FN4O3S. The number of nitrogens with one attached hydrogen (secondary N) is 2. The van der Waals surface area contributed by atoms with Gasteiger partial charge in [0, 0.05) is 6.21 Å². The van der Waals surface area contributed by atoms with E-state index >= 15 is 0 Å². The Morgan fingerprint density at radius 3 is 2.90 bits per heavy atom. The van der Waals surface area contributed by atoms with Gasteiger partial charge < -0.3 is 5.11 Å². The topological polar surface area (TPSA) is 111 Å². The van der Waals surface area contributed by atoms with Crippen molar-refractivity contribution < 1.29 is 9.50 Å². The van der Waals surface area contributed by atoms with E-state index in [1.54, 1.807) is 0 Å². The van der Waals surface area contributed by atoms with Crippen LogP contribution in [0.5, 0.6) is 5.88 Å². The first-order valence-corrected chi connectivity index (χ1v) is 6.50. The van der Waals surface area contributed by atoms with Crippen LogP contribution in [0.25, 0.3) is 10.2 Å². The number of rotatable bonds is 2. The van der Waals surface area contributed by atoms with E-state index in [2.05, 4.69) is 9.98 Å². The number of hydrogen-bond donors (Lipinski definition) is 3. The molecule has 0 bridgehead atoms. The SMILES string of the molecule is O=c1[nH]c(O)c(/C=N/c2nc3ccc(F)cc3s2)c(=O)[nH]1. The highest BCUT2D eigenvalue weighted by Gasteiger charge is 2.07. The van der Waals surface area contributed by atoms with Gasteiger partial charge in [-0.1, -0.05) is 11.3 Å². The van der Waals surface area contributed by atoms with Gasteiger partial charge in [-0.15, -0.1) is 0 Å². The van der Waals surface area contributed by atoms with Crippen molar-refractivity contribution in [3.05, 3.63) is 50.4 Å². The average molecular weight is 306 g/mol. The average Bonchev–Trinajstić information content (AvgIpc) is 2.79. The number of fused-ring (bicyclic) bond motifs is 1. The standard InChI is InChI=1S/C12H7FN4O3S/c13-5-1-2-7-8(3-5)21-12(15-7)14-4-6-9(18)16-11(20)17-10(6)19/h1-4H,(H3,16,17,18,19,20)/b14-4+. The number of H-pyrrole nitrogens is 2. The Morgan fingerprint density at radius 2 is 2.14 bits per heavy atom. The highest BCUT2D eigenvalue weighted by molar-refractivity contribution is 7.22. The number of aromatic hydroxyl groups is 1. The highest BCUT2D eigenvalue weighted by atomic mass is 32.1. The van der Waals surface area contributed by atoms with E-state index in [0.29, 0.717) is 15.3 Å². The zero-order valence-corrected chi connectivity index (χ0v) is 11.1. The second kappa shape index (κ2) is 4.94. The van der Waals surface area contributed by atoms with E-state index < -0.39 is 17.1 Å². The molecule has 0 saturated carbocycles. The van der Waals surface area contributed by atoms with Crippen LogP contribution in [-0.2, 0) is 0 Å². The van der Waals surface area contributed by atoms with Crippen molar-refractivity contribution in [2.75, 3.05) is 0 Å². The molecule has 0 aliphatic heterocycles. The minimum atomic E-state index is -0.815. The molecule has 1 aromatic carbocycles. The van der Waals surface area contributed by atoms with Crippen LogP contribution in [-0.4, -0.2) is 26.3 Å². The molecule has 0 unspecified atom stereocenters. The number of nitrogens with zero attached hydrogens (tertiary/aromatic N) is 2. The predicted molar refractivity (Wildman–Crippen MR) is 76.2 cm³/mol. The Hall–Kier alpha value is -2.81. The zero-order chi connectivity index (χ0) is 15.0. The molecule has 2 aromatic heterocycles. The Kier molecular flexibility index (Phi) is 3.10. The van der Waals surface area contributed by atoms with E-state index in [-0.39, 0.29) is 11.4 Å². The fourth-order valence-electron chi connectivity index (χ4n) is 1.67. The third kappa shape index (κ3) is 2.58. The van der Waals surface area contributed by atoms with Crippen LogP contribution < -0.4 is 11.2 Å². The summed E-state index contributed by atoms with van der Waals surface area (Å²) in [6, 6.07) is 4.13. The number of aromatic nitrogens is 3. The van der Waals surface area contributed by atoms with Crippen molar-refractivity contribution in [2.45, 2.75) is 0 Å². The summed E-state index contributed by atoms with van der Waals surface area (Å²) in [6.07, 6.45) is 1.08. The second-order valence-electron chi connectivity index (χ2n) is 4.04. The number of aliphatic imine (C=N–C) groups is 1. The Balaban J connectivity index is 2.02. The quantitative estimate of drug-likeness (QED) is 0.619. The van der Waals surface area contributed by atoms with Gasteiger partial charge in [0.1, 0.15) is 11.4 Å². The summed E-state index contributed by atoms with van der Waals surface area (Å²) in [6.45, 7) is 0. The highest BCUT2D eigenvalue weighted by Crippen LogP contribution is 2.28. The second-order valence-corrected chi connectivity index (χ2v) is 5.05. The molecule has 0 atom stereocenters. The smallest absolute Gasteiger partial charge is 0.328 e. The molecule has 3 N–H and O–H groups in total. The molecule has 3 aromatic rings. The maximum Gasteiger partial charge on any atom is 0.328 e. The summed E-state index contributed by atoms with van der Waals surface area (Å²) in [7, 11) is 0. The van der Waals surface area contributed by atoms with E-state index in [1.807, 2.05) is 9.97 Å². The molecule has 3 rings (SSSR count). The van der Waals surface area contributed by atoms with E-state index in [0.717, 1.165) is 17.6 Å². The molecule has 2 heterocycles. The lowest BCUT2D eigenvalue weighted by Crippen LogP contribution is -2.24. The monoisotopic (exact) mass is 306 g/mol. The first kappa shape index (κ1) is 13.2. The molecule has 21 heavy (non-hydrogen) atoms. The van der Waals surface area contributed by atoms with Crippen LogP contribution in [0.2, 0.25) is 0 Å². The number of halogens is 1. The number of thiazole rings is 1. The van der Waals surface area contributed by atoms with Gasteiger partial charge in [0.2, 0.25) is 11.0 Å². The molecule has 0 fully saturated rings. The van der Waals surface area contributed by atoms with Gasteiger partial charge in [-0.25, -0.2) is 19.2 Å². The summed E-state index contributed by atoms with van der Waals surface area (Å²) in [5.74, 6) is -0.962. The normalized spacial score (nSPS) is 11.5. The predicted octanol–water partition coefficient (Wildman–Crippen LogP) is 1.27. The summed E-state index contributed by atoms with van der Waals surface area (Å²) < 4.78 is 13.7. The molecule has 0 amide bonds. The Bertz CT molecular complexity index is 973. The molecule has 0 saturated heterocycles. The minimum absolute atomic E-state index is 0.194. The molecule has 7 nitrogen and oxygen atoms in total. The summed E-state index contributed by atoms with van der Waals surface area (Å²) in [5.41, 5.74) is -1.20. The van der Waals surface area contributed by atoms with Crippen LogP contribution in [0.3, 0.4) is 0 Å². The van der Waals surface area contributed by atoms with Crippen molar-refractivity contribution in [2.24, 2.45) is 4.99 Å². The van der Waals surface area contributed by atoms with Crippen LogP contribution in [0, 0.1) is 5.82 Å². The maximum absolute atomic E-state index is 13.1. The molecule has 0 radical (unpaired) electrons. The molecule has 0 aliphatic rings. The Labute approximate surface area is 119 Å². The van der Waals surface area contributed by atoms with Crippen LogP contribution >= 0.6 is 11.3 Å². The summed E-state index contributed by atoms with van der Waals surface area (Å²) >= 11 is 1.13. The van der Waals surface area contributed by atoms with Crippen molar-refractivity contribution >= 4 is 32.9 Å². The van der Waals surface area contributed by atoms with Crippen LogP contribution in [0.4, 0.5) is 9.52 Å². The zero-order valence-electron chi connectivity index (χ0n) is 10.3. The summed E-state index contributed by atoms with van der Waals surface area (Å²) in [4.78, 5) is 34.5. The van der Waals surface area contributed by atoms with E-state index in [4.69, 9.17) is 0 Å². The van der Waals surface area contributed by atoms with Crippen molar-refractivity contribution in [3.63, 3.8) is 0 Å². The van der Waals surface area contributed by atoms with Crippen LogP contribution in [0.15, 0.2) is 32.8 Å². The van der Waals surface area contributed by atoms with Gasteiger partial charge in [-0.2, -0.15) is 0 Å². The third-order valence-corrected chi connectivity index (χ3v) is 3.53. The van der Waals surface area contributed by atoms with Crippen molar-refractivity contribution in [1.82, 2.24) is 15.0 Å². The molecule has 0 aliphatic carbocycles. The van der Waals surface area contributed by atoms with E-state index in [1.165, 1.54) is 18.2 Å². The first-order chi connectivity index (χ1) is 10.0. The van der Waals surface area contributed by atoms with Gasteiger partial charge in [0.25, 0.3) is 5.56 Å². The fourth-order valence-corrected chi connectivity index (χ4v) is 2.50. The third-order valence-electron chi connectivity index (χ3n) is 2.60. The van der Waals surface area contributed by atoms with Gasteiger partial charge in [-0.05, 0) is 18.2 Å². The van der Waals surface area contributed by atoms with Gasteiger partial charge in [0.05, 0.1) is 10.2 Å². The van der Waals surface area contributed by atoms with E-state index in [9.17, 15) is 19.1 Å². The largest absolute Gasteiger partial charge is 0.494 e. The minimum Gasteiger partial charge on any atom is -0.494 e. The van der Waals surface area contributed by atoms with Gasteiger partial charge >= 0.3 is 5.69 Å². The lowest BCUT2D eigenvalue weighted by molar-refractivity contribution is 0.447. The Morgan fingerprint density at radius 1 is 1.33 bits per heavy atom. The lowest BCUT2D eigenvalue weighted by atomic mass is 10.3. The number of hydrogen-bond acceptors (Lipinski definition) is 6. The molecule has 106 valence electrons. The summed E-state index contributed by atoms with van der Waals surface area (Å²) in [5, 5.41) is 9.79. The first-order valence-electron chi connectivity index (χ1n) is 5.68. The lowest BCUT2D eigenvalue weighted by Gasteiger charge is -1.94. The van der Waals surface area contributed by atoms with Gasteiger partial charge in [-0.3, -0.25) is 14.8 Å². The number of benzene rings is 1. The van der Waals surface area contributed by atoms with Crippen molar-refractivity contribution in [1.29, 1.82) is 0 Å². The number of aromatic amines is 2. The van der Waals surface area contributed by atoms with Crippen LogP contribution in [0.1, 0.15) is 5.56 Å². The van der Waals surface area contributed by atoms with Gasteiger partial charge in [0.15, 0.2) is 0 Å². The fraction of sp³-hybridized carbons (Fsp3) is 0. The molecule has 0 spiro atoms. The molecular weight excluding hydrogens is 299 g/mol. The molecule has 9 heteroatoms. The van der Waals surface area contributed by atoms with Crippen molar-refractivity contribution in [3.8, 4) is 5.88 Å². The maximum atomic E-state index is 13.1.